The Morgan fingerprint density at radius 3 is 2.25 bits per heavy atom. The molecule has 0 saturated heterocycles. The van der Waals surface area contributed by atoms with Gasteiger partial charge in [0, 0.05) is 24.2 Å². The quantitative estimate of drug-likeness (QED) is 0.669. The molecule has 0 aromatic heterocycles. The number of benzene rings is 2. The van der Waals surface area contributed by atoms with Gasteiger partial charge in [-0.15, -0.1) is 0 Å². The van der Waals surface area contributed by atoms with Gasteiger partial charge in [-0.1, -0.05) is 11.6 Å². The first kappa shape index (κ1) is 18.1. The van der Waals surface area contributed by atoms with Crippen molar-refractivity contribution in [1.82, 2.24) is 4.90 Å². The van der Waals surface area contributed by atoms with Crippen LogP contribution >= 0.6 is 11.6 Å². The number of carbonyl (C=O) groups is 1. The van der Waals surface area contributed by atoms with Crippen molar-refractivity contribution in [3.63, 3.8) is 0 Å². The van der Waals surface area contributed by atoms with Gasteiger partial charge in [0.05, 0.1) is 13.7 Å². The van der Waals surface area contributed by atoms with Gasteiger partial charge in [-0.05, 0) is 61.4 Å². The minimum absolute atomic E-state index is 0.0104. The molecule has 0 aliphatic carbocycles. The van der Waals surface area contributed by atoms with Gasteiger partial charge in [0.1, 0.15) is 11.5 Å². The third kappa shape index (κ3) is 5.46. The Morgan fingerprint density at radius 2 is 1.62 bits per heavy atom. The van der Waals surface area contributed by atoms with E-state index in [1.165, 1.54) is 0 Å². The lowest BCUT2D eigenvalue weighted by Crippen LogP contribution is -2.27. The number of hydrogen-bond acceptors (Lipinski definition) is 3. The Morgan fingerprint density at radius 1 is 1.00 bits per heavy atom. The normalized spacial score (nSPS) is 10.3. The van der Waals surface area contributed by atoms with Crippen molar-refractivity contribution < 1.29 is 14.3 Å². The van der Waals surface area contributed by atoms with Crippen molar-refractivity contribution in [1.29, 1.82) is 0 Å². The number of amides is 1. The molecule has 2 aromatic rings. The van der Waals surface area contributed by atoms with Crippen molar-refractivity contribution in [3.05, 3.63) is 59.1 Å². The lowest BCUT2D eigenvalue weighted by Gasteiger charge is -2.17. The maximum Gasteiger partial charge on any atom is 0.253 e. The van der Waals surface area contributed by atoms with Crippen molar-refractivity contribution in [2.24, 2.45) is 0 Å². The van der Waals surface area contributed by atoms with Crippen LogP contribution in [0.3, 0.4) is 0 Å². The van der Waals surface area contributed by atoms with E-state index in [1.807, 2.05) is 19.2 Å². The lowest BCUT2D eigenvalue weighted by molar-refractivity contribution is 0.0791. The zero-order chi connectivity index (χ0) is 17.4. The fraction of sp³-hybridized carbons (Fsp3) is 0.316. The average Bonchev–Trinajstić information content (AvgIpc) is 2.62. The molecule has 0 radical (unpaired) electrons. The van der Waals surface area contributed by atoms with Gasteiger partial charge in [0.2, 0.25) is 0 Å². The van der Waals surface area contributed by atoms with Gasteiger partial charge in [-0.3, -0.25) is 4.79 Å². The van der Waals surface area contributed by atoms with E-state index in [2.05, 4.69) is 0 Å². The van der Waals surface area contributed by atoms with Gasteiger partial charge < -0.3 is 14.4 Å². The smallest absolute Gasteiger partial charge is 0.253 e. The van der Waals surface area contributed by atoms with Crippen LogP contribution in [-0.4, -0.2) is 38.1 Å². The molecule has 2 rings (SSSR count). The molecule has 2 aromatic carbocycles. The maximum absolute atomic E-state index is 12.3. The highest BCUT2D eigenvalue weighted by molar-refractivity contribution is 6.30. The second kappa shape index (κ2) is 9.18. The molecule has 0 fully saturated rings. The molecule has 128 valence electrons. The summed E-state index contributed by atoms with van der Waals surface area (Å²) in [6.45, 7) is 1.31. The highest BCUT2D eigenvalue weighted by Crippen LogP contribution is 2.16. The third-order valence-electron chi connectivity index (χ3n) is 3.65. The molecule has 0 atom stereocenters. The number of nitrogens with zero attached hydrogens (tertiary/aromatic N) is 1. The van der Waals surface area contributed by atoms with Crippen LogP contribution in [0.1, 0.15) is 23.2 Å². The molecular formula is C19H22ClNO3. The summed E-state index contributed by atoms with van der Waals surface area (Å²) in [6, 6.07) is 14.4. The molecule has 0 heterocycles. The van der Waals surface area contributed by atoms with Gasteiger partial charge in [-0.25, -0.2) is 0 Å². The zero-order valence-corrected chi connectivity index (χ0v) is 14.8. The number of rotatable bonds is 8. The van der Waals surface area contributed by atoms with Crippen LogP contribution in [0.4, 0.5) is 0 Å². The molecule has 5 heteroatoms. The van der Waals surface area contributed by atoms with Crippen LogP contribution in [0.2, 0.25) is 5.02 Å². The number of carbonyl (C=O) groups excluding carboxylic acids is 1. The van der Waals surface area contributed by atoms with Crippen molar-refractivity contribution in [2.45, 2.75) is 12.8 Å². The minimum Gasteiger partial charge on any atom is -0.497 e. The maximum atomic E-state index is 12.3. The molecule has 0 unspecified atom stereocenters. The van der Waals surface area contributed by atoms with E-state index in [4.69, 9.17) is 21.1 Å². The van der Waals surface area contributed by atoms with Crippen LogP contribution in [0.15, 0.2) is 48.5 Å². The second-order valence-corrected chi connectivity index (χ2v) is 5.90. The topological polar surface area (TPSA) is 38.8 Å². The molecule has 4 nitrogen and oxygen atoms in total. The molecule has 0 aliphatic heterocycles. The summed E-state index contributed by atoms with van der Waals surface area (Å²) in [4.78, 5) is 14.0. The minimum atomic E-state index is 0.0104. The van der Waals surface area contributed by atoms with Crippen molar-refractivity contribution in [3.8, 4) is 11.5 Å². The lowest BCUT2D eigenvalue weighted by atomic mass is 10.2. The van der Waals surface area contributed by atoms with E-state index in [1.54, 1.807) is 48.4 Å². The van der Waals surface area contributed by atoms with E-state index in [9.17, 15) is 4.79 Å². The van der Waals surface area contributed by atoms with E-state index in [0.717, 1.165) is 24.3 Å². The number of methoxy groups -OCH3 is 1. The Bertz CT molecular complexity index is 641. The van der Waals surface area contributed by atoms with Crippen molar-refractivity contribution in [2.75, 3.05) is 27.3 Å². The zero-order valence-electron chi connectivity index (χ0n) is 14.0. The molecular weight excluding hydrogens is 326 g/mol. The molecule has 1 amide bonds. The highest BCUT2D eigenvalue weighted by Gasteiger charge is 2.11. The fourth-order valence-corrected chi connectivity index (χ4v) is 2.35. The average molecular weight is 348 g/mol. The Balaban J connectivity index is 1.69. The van der Waals surface area contributed by atoms with Crippen LogP contribution in [-0.2, 0) is 0 Å². The number of hydrogen-bond donors (Lipinski definition) is 0. The first-order valence-corrected chi connectivity index (χ1v) is 8.26. The molecule has 0 bridgehead atoms. The fourth-order valence-electron chi connectivity index (χ4n) is 2.23. The molecule has 0 aliphatic rings. The molecule has 0 saturated carbocycles. The highest BCUT2D eigenvalue weighted by atomic mass is 35.5. The van der Waals surface area contributed by atoms with E-state index >= 15 is 0 Å². The number of unbranched alkanes of at least 4 members (excludes halogenated alkanes) is 1. The predicted molar refractivity (Wildman–Crippen MR) is 96.1 cm³/mol. The molecule has 24 heavy (non-hydrogen) atoms. The third-order valence-corrected chi connectivity index (χ3v) is 3.91. The summed E-state index contributed by atoms with van der Waals surface area (Å²) < 4.78 is 10.7. The van der Waals surface area contributed by atoms with Crippen molar-refractivity contribution >= 4 is 17.5 Å². The molecule has 0 spiro atoms. The summed E-state index contributed by atoms with van der Waals surface area (Å²) >= 11 is 5.83. The van der Waals surface area contributed by atoms with Gasteiger partial charge >= 0.3 is 0 Å². The van der Waals surface area contributed by atoms with Gasteiger partial charge in [0.25, 0.3) is 5.91 Å². The Labute approximate surface area is 147 Å². The van der Waals surface area contributed by atoms with Crippen LogP contribution in [0, 0.1) is 0 Å². The first-order valence-electron chi connectivity index (χ1n) is 7.88. The Hall–Kier alpha value is -2.20. The first-order chi connectivity index (χ1) is 11.6. The van der Waals surface area contributed by atoms with Crippen LogP contribution in [0.5, 0.6) is 11.5 Å². The largest absolute Gasteiger partial charge is 0.497 e. The van der Waals surface area contributed by atoms with Gasteiger partial charge in [-0.2, -0.15) is 0 Å². The summed E-state index contributed by atoms with van der Waals surface area (Å²) in [5, 5.41) is 0.695. The summed E-state index contributed by atoms with van der Waals surface area (Å²) in [6.07, 6.45) is 1.76. The van der Waals surface area contributed by atoms with Gasteiger partial charge in [0.15, 0.2) is 0 Å². The molecule has 0 N–H and O–H groups in total. The second-order valence-electron chi connectivity index (χ2n) is 5.46. The number of ether oxygens (including phenoxy) is 2. The van der Waals surface area contributed by atoms with E-state index in [-0.39, 0.29) is 5.91 Å². The number of halogens is 1. The van der Waals surface area contributed by atoms with E-state index in [0.29, 0.717) is 23.7 Å². The Kier molecular flexibility index (Phi) is 6.94. The predicted octanol–water partition coefficient (Wildman–Crippen LogP) is 4.28. The monoisotopic (exact) mass is 347 g/mol. The summed E-state index contributed by atoms with van der Waals surface area (Å²) in [5.74, 6) is 1.56. The van der Waals surface area contributed by atoms with Crippen LogP contribution in [0.25, 0.3) is 0 Å². The van der Waals surface area contributed by atoms with E-state index < -0.39 is 0 Å². The standard InChI is InChI=1S/C19H22ClNO3/c1-21(19(22)15-5-9-17(23-2)10-6-15)13-3-4-14-24-18-11-7-16(20)8-12-18/h5-12H,3-4,13-14H2,1-2H3. The SMILES string of the molecule is COc1ccc(C(=O)N(C)CCCCOc2ccc(Cl)cc2)cc1. The summed E-state index contributed by atoms with van der Waals surface area (Å²) in [7, 11) is 3.42. The van der Waals surface area contributed by atoms with Crippen LogP contribution < -0.4 is 9.47 Å². The summed E-state index contributed by atoms with van der Waals surface area (Å²) in [5.41, 5.74) is 0.663.